The first kappa shape index (κ1) is 12.8. The Morgan fingerprint density at radius 1 is 1.44 bits per heavy atom. The number of carbonyl (C=O) groups is 2. The van der Waals surface area contributed by atoms with Gasteiger partial charge in [-0.2, -0.15) is 0 Å². The van der Waals surface area contributed by atoms with Crippen molar-refractivity contribution in [2.75, 3.05) is 6.61 Å². The van der Waals surface area contributed by atoms with Crippen molar-refractivity contribution < 1.29 is 19.1 Å². The topological polar surface area (TPSA) is 64.6 Å². The molecule has 0 bridgehead atoms. The van der Waals surface area contributed by atoms with Gasteiger partial charge in [0.05, 0.1) is 6.61 Å². The average Bonchev–Trinajstić information content (AvgIpc) is 2.27. The lowest BCUT2D eigenvalue weighted by molar-refractivity contribution is -0.142. The average molecular weight is 229 g/mol. The van der Waals surface area contributed by atoms with Crippen molar-refractivity contribution in [3.8, 4) is 0 Å². The fourth-order valence-electron chi connectivity index (χ4n) is 1.44. The van der Waals surface area contributed by atoms with Gasteiger partial charge in [-0.15, -0.1) is 0 Å². The number of rotatable bonds is 1. The van der Waals surface area contributed by atoms with Crippen LogP contribution in [0.2, 0.25) is 0 Å². The second kappa shape index (κ2) is 5.18. The Labute approximate surface area is 95.5 Å². The van der Waals surface area contributed by atoms with E-state index in [4.69, 9.17) is 9.47 Å². The van der Waals surface area contributed by atoms with Crippen LogP contribution in [-0.4, -0.2) is 30.3 Å². The third-order valence-corrected chi connectivity index (χ3v) is 2.15. The first-order chi connectivity index (χ1) is 7.37. The first-order valence-corrected chi connectivity index (χ1v) is 5.52. The molecule has 0 aromatic heterocycles. The highest BCUT2D eigenvalue weighted by Gasteiger charge is 2.22. The van der Waals surface area contributed by atoms with Gasteiger partial charge in [0.2, 0.25) is 0 Å². The zero-order valence-electron chi connectivity index (χ0n) is 10.0. The summed E-state index contributed by atoms with van der Waals surface area (Å²) in [6.45, 7) is 5.80. The Kier molecular flexibility index (Phi) is 4.15. The van der Waals surface area contributed by atoms with Gasteiger partial charge in [0.1, 0.15) is 5.60 Å². The smallest absolute Gasteiger partial charge is 0.407 e. The van der Waals surface area contributed by atoms with Crippen molar-refractivity contribution in [1.82, 2.24) is 5.32 Å². The fraction of sp³-hybridized carbons (Fsp3) is 0.818. The molecule has 0 spiro atoms. The molecule has 1 saturated heterocycles. The minimum atomic E-state index is -0.499. The number of alkyl carbamates (subject to hydrolysis) is 1. The minimum absolute atomic E-state index is 0.0405. The van der Waals surface area contributed by atoms with Crippen LogP contribution in [0.15, 0.2) is 0 Å². The Balaban J connectivity index is 2.36. The summed E-state index contributed by atoms with van der Waals surface area (Å²) in [6, 6.07) is -0.0405. The Morgan fingerprint density at radius 3 is 2.75 bits per heavy atom. The summed E-state index contributed by atoms with van der Waals surface area (Å²) in [5, 5.41) is 2.74. The van der Waals surface area contributed by atoms with Crippen LogP contribution in [0.1, 0.15) is 40.0 Å². The summed E-state index contributed by atoms with van der Waals surface area (Å²) < 4.78 is 10.0. The third kappa shape index (κ3) is 5.00. The number of nitrogens with one attached hydrogen (secondary N) is 1. The molecule has 1 amide bonds. The van der Waals surface area contributed by atoms with Gasteiger partial charge in [0.15, 0.2) is 0 Å². The molecule has 92 valence electrons. The van der Waals surface area contributed by atoms with Crippen LogP contribution in [-0.2, 0) is 14.3 Å². The van der Waals surface area contributed by atoms with Crippen LogP contribution in [0.3, 0.4) is 0 Å². The molecule has 1 fully saturated rings. The van der Waals surface area contributed by atoms with Gasteiger partial charge in [-0.3, -0.25) is 4.79 Å². The Hall–Kier alpha value is -1.26. The third-order valence-electron chi connectivity index (χ3n) is 2.15. The first-order valence-electron chi connectivity index (χ1n) is 5.52. The number of hydrogen-bond acceptors (Lipinski definition) is 4. The normalized spacial score (nSPS) is 21.9. The molecule has 0 radical (unpaired) electrons. The number of carbonyl (C=O) groups excluding carboxylic acids is 2. The number of cyclic esters (lactones) is 1. The fourth-order valence-corrected chi connectivity index (χ4v) is 1.44. The highest BCUT2D eigenvalue weighted by Crippen LogP contribution is 2.11. The molecule has 1 aliphatic heterocycles. The Bertz CT molecular complexity index is 270. The van der Waals surface area contributed by atoms with Crippen LogP contribution < -0.4 is 5.32 Å². The lowest BCUT2D eigenvalue weighted by Gasteiger charge is -2.22. The van der Waals surface area contributed by atoms with Gasteiger partial charge in [-0.25, -0.2) is 4.79 Å². The van der Waals surface area contributed by atoms with E-state index in [1.165, 1.54) is 0 Å². The molecule has 5 nitrogen and oxygen atoms in total. The number of esters is 1. The SMILES string of the molecule is CC(C)(C)OC(=O)NC1CCOC(=O)CC1. The lowest BCUT2D eigenvalue weighted by atomic mass is 10.1. The van der Waals surface area contributed by atoms with E-state index in [9.17, 15) is 9.59 Å². The predicted octanol–water partition coefficient (Wildman–Crippen LogP) is 1.61. The highest BCUT2D eigenvalue weighted by atomic mass is 16.6. The van der Waals surface area contributed by atoms with E-state index in [-0.39, 0.29) is 12.0 Å². The summed E-state index contributed by atoms with van der Waals surface area (Å²) in [5.74, 6) is -0.200. The molecular weight excluding hydrogens is 210 g/mol. The molecule has 1 atom stereocenters. The summed E-state index contributed by atoms with van der Waals surface area (Å²) in [7, 11) is 0. The van der Waals surface area contributed by atoms with E-state index in [0.29, 0.717) is 25.9 Å². The van der Waals surface area contributed by atoms with Gasteiger partial charge < -0.3 is 14.8 Å². The summed E-state index contributed by atoms with van der Waals surface area (Å²) in [4.78, 5) is 22.4. The van der Waals surface area contributed by atoms with E-state index < -0.39 is 11.7 Å². The van der Waals surface area contributed by atoms with E-state index in [0.717, 1.165) is 0 Å². The van der Waals surface area contributed by atoms with Crippen LogP contribution in [0, 0.1) is 0 Å². The number of ether oxygens (including phenoxy) is 2. The molecule has 0 saturated carbocycles. The van der Waals surface area contributed by atoms with Crippen LogP contribution in [0.25, 0.3) is 0 Å². The number of amides is 1. The van der Waals surface area contributed by atoms with Crippen molar-refractivity contribution in [3.05, 3.63) is 0 Å². The Morgan fingerprint density at radius 2 is 2.12 bits per heavy atom. The monoisotopic (exact) mass is 229 g/mol. The van der Waals surface area contributed by atoms with Crippen molar-refractivity contribution in [1.29, 1.82) is 0 Å². The van der Waals surface area contributed by atoms with Gasteiger partial charge in [0, 0.05) is 18.9 Å². The lowest BCUT2D eigenvalue weighted by Crippen LogP contribution is -2.39. The zero-order valence-corrected chi connectivity index (χ0v) is 10.0. The van der Waals surface area contributed by atoms with Crippen molar-refractivity contribution in [2.24, 2.45) is 0 Å². The molecule has 0 aromatic rings. The molecule has 1 rings (SSSR count). The second-order valence-corrected chi connectivity index (χ2v) is 4.89. The molecule has 1 heterocycles. The maximum atomic E-state index is 11.5. The molecule has 16 heavy (non-hydrogen) atoms. The van der Waals surface area contributed by atoms with Gasteiger partial charge in [-0.05, 0) is 27.2 Å². The van der Waals surface area contributed by atoms with E-state index in [1.807, 2.05) is 20.8 Å². The molecule has 0 aliphatic carbocycles. The van der Waals surface area contributed by atoms with E-state index in [2.05, 4.69) is 5.32 Å². The highest BCUT2D eigenvalue weighted by molar-refractivity contribution is 5.70. The van der Waals surface area contributed by atoms with Crippen LogP contribution in [0.5, 0.6) is 0 Å². The van der Waals surface area contributed by atoms with Crippen LogP contribution >= 0.6 is 0 Å². The quantitative estimate of drug-likeness (QED) is 0.694. The van der Waals surface area contributed by atoms with Gasteiger partial charge >= 0.3 is 12.1 Å². The van der Waals surface area contributed by atoms with E-state index in [1.54, 1.807) is 0 Å². The molecule has 1 unspecified atom stereocenters. The standard InChI is InChI=1S/C11H19NO4/c1-11(2,3)16-10(14)12-8-4-5-9(13)15-7-6-8/h8H,4-7H2,1-3H3,(H,12,14). The molecule has 5 heteroatoms. The van der Waals surface area contributed by atoms with Crippen molar-refractivity contribution in [3.63, 3.8) is 0 Å². The minimum Gasteiger partial charge on any atom is -0.466 e. The van der Waals surface area contributed by atoms with Crippen molar-refractivity contribution >= 4 is 12.1 Å². The summed E-state index contributed by atoms with van der Waals surface area (Å²) in [6.07, 6.45) is 1.16. The van der Waals surface area contributed by atoms with Gasteiger partial charge in [-0.1, -0.05) is 0 Å². The van der Waals surface area contributed by atoms with Crippen LogP contribution in [0.4, 0.5) is 4.79 Å². The summed E-state index contributed by atoms with van der Waals surface area (Å²) >= 11 is 0. The molecule has 1 N–H and O–H groups in total. The largest absolute Gasteiger partial charge is 0.466 e. The number of hydrogen-bond donors (Lipinski definition) is 1. The molecule has 1 aliphatic rings. The predicted molar refractivity (Wildman–Crippen MR) is 58.0 cm³/mol. The van der Waals surface area contributed by atoms with E-state index >= 15 is 0 Å². The van der Waals surface area contributed by atoms with Crippen molar-refractivity contribution in [2.45, 2.75) is 51.7 Å². The molecule has 0 aromatic carbocycles. The maximum Gasteiger partial charge on any atom is 0.407 e. The zero-order chi connectivity index (χ0) is 12.2. The maximum absolute atomic E-state index is 11.5. The van der Waals surface area contributed by atoms with Gasteiger partial charge in [0.25, 0.3) is 0 Å². The summed E-state index contributed by atoms with van der Waals surface area (Å²) in [5.41, 5.74) is -0.499. The second-order valence-electron chi connectivity index (χ2n) is 4.89. The molecular formula is C11H19NO4.